The number of hydrogen-bond donors (Lipinski definition) is 2. The first kappa shape index (κ1) is 21.2. The summed E-state index contributed by atoms with van der Waals surface area (Å²) in [6.45, 7) is 0. The number of benzene rings is 2. The average Bonchev–Trinajstić information content (AvgIpc) is 3.44. The van der Waals surface area contributed by atoms with Crippen LogP contribution in [0.2, 0.25) is 5.02 Å². The lowest BCUT2D eigenvalue weighted by molar-refractivity contribution is -0.160. The molecular weight excluding hydrogens is 403 g/mol. The molecule has 2 aromatic carbocycles. The number of nitrogens with one attached hydrogen (secondary N) is 2. The van der Waals surface area contributed by atoms with E-state index in [-0.39, 0.29) is 17.0 Å². The quantitative estimate of drug-likeness (QED) is 0.700. The van der Waals surface area contributed by atoms with E-state index in [9.17, 15) is 23.2 Å². The number of hydrogen-bond acceptors (Lipinski definition) is 3. The molecule has 1 aliphatic carbocycles. The Morgan fingerprint density at radius 2 is 1.86 bits per heavy atom. The van der Waals surface area contributed by atoms with E-state index in [0.717, 1.165) is 0 Å². The van der Waals surface area contributed by atoms with Crippen LogP contribution in [0, 0.1) is 11.3 Å². The topological polar surface area (TPSA) is 64.9 Å². The van der Waals surface area contributed by atoms with Crippen molar-refractivity contribution in [2.45, 2.75) is 43.1 Å². The van der Waals surface area contributed by atoms with Crippen molar-refractivity contribution in [3.05, 3.63) is 70.7 Å². The van der Waals surface area contributed by atoms with Gasteiger partial charge in [0.25, 0.3) is 0 Å². The zero-order valence-electron chi connectivity index (χ0n) is 15.3. The SMILES string of the molecule is N#CC1(NC(=O)[C@H](Cc2ccccc2)N[C@H](c2cccc(Cl)c2)C(F)(F)F)CC1. The monoisotopic (exact) mass is 421 g/mol. The van der Waals surface area contributed by atoms with Crippen LogP contribution in [0.1, 0.15) is 30.0 Å². The predicted octanol–water partition coefficient (Wildman–Crippen LogP) is 4.32. The minimum atomic E-state index is -4.65. The summed E-state index contributed by atoms with van der Waals surface area (Å²) in [5.74, 6) is -0.635. The van der Waals surface area contributed by atoms with E-state index in [0.29, 0.717) is 18.4 Å². The van der Waals surface area contributed by atoms with Crippen molar-refractivity contribution >= 4 is 17.5 Å². The molecule has 2 aromatic rings. The van der Waals surface area contributed by atoms with Gasteiger partial charge in [-0.3, -0.25) is 10.1 Å². The fourth-order valence-electron chi connectivity index (χ4n) is 3.06. The van der Waals surface area contributed by atoms with Crippen LogP contribution in [-0.2, 0) is 11.2 Å². The van der Waals surface area contributed by atoms with Gasteiger partial charge in [-0.15, -0.1) is 0 Å². The van der Waals surface area contributed by atoms with Gasteiger partial charge < -0.3 is 5.32 Å². The highest BCUT2D eigenvalue weighted by Crippen LogP contribution is 2.36. The molecule has 1 amide bonds. The maximum atomic E-state index is 13.8. The summed E-state index contributed by atoms with van der Waals surface area (Å²) in [6, 6.07) is 13.0. The van der Waals surface area contributed by atoms with Crippen LogP contribution < -0.4 is 10.6 Å². The van der Waals surface area contributed by atoms with Crippen molar-refractivity contribution in [2.24, 2.45) is 0 Å². The first-order chi connectivity index (χ1) is 13.7. The second-order valence-corrected chi connectivity index (χ2v) is 7.56. The molecule has 0 aromatic heterocycles. The molecule has 1 saturated carbocycles. The van der Waals surface area contributed by atoms with E-state index in [1.807, 2.05) is 6.07 Å². The average molecular weight is 422 g/mol. The van der Waals surface area contributed by atoms with Crippen molar-refractivity contribution in [1.82, 2.24) is 10.6 Å². The van der Waals surface area contributed by atoms with Crippen molar-refractivity contribution in [3.8, 4) is 6.07 Å². The van der Waals surface area contributed by atoms with Crippen LogP contribution in [0.25, 0.3) is 0 Å². The van der Waals surface area contributed by atoms with Crippen LogP contribution in [0.4, 0.5) is 13.2 Å². The molecular formula is C21H19ClF3N3O. The molecule has 0 radical (unpaired) electrons. The van der Waals surface area contributed by atoms with E-state index in [1.54, 1.807) is 30.3 Å². The third-order valence-corrected chi connectivity index (χ3v) is 5.04. The molecule has 0 spiro atoms. The van der Waals surface area contributed by atoms with Crippen LogP contribution in [-0.4, -0.2) is 23.7 Å². The molecule has 0 unspecified atom stereocenters. The normalized spacial score (nSPS) is 17.1. The van der Waals surface area contributed by atoms with Gasteiger partial charge in [-0.25, -0.2) is 0 Å². The Balaban J connectivity index is 1.88. The maximum Gasteiger partial charge on any atom is 0.407 e. The molecule has 4 nitrogen and oxygen atoms in total. The summed E-state index contributed by atoms with van der Waals surface area (Å²) in [5, 5.41) is 14.4. The van der Waals surface area contributed by atoms with E-state index < -0.39 is 29.7 Å². The van der Waals surface area contributed by atoms with Crippen LogP contribution >= 0.6 is 11.6 Å². The second kappa shape index (κ2) is 8.44. The van der Waals surface area contributed by atoms with E-state index >= 15 is 0 Å². The third kappa shape index (κ3) is 5.49. The summed E-state index contributed by atoms with van der Waals surface area (Å²) >= 11 is 5.87. The minimum Gasteiger partial charge on any atom is -0.336 e. The summed E-state index contributed by atoms with van der Waals surface area (Å²) < 4.78 is 41.5. The van der Waals surface area contributed by atoms with Crippen LogP contribution in [0.5, 0.6) is 0 Å². The van der Waals surface area contributed by atoms with E-state index in [4.69, 9.17) is 11.6 Å². The van der Waals surface area contributed by atoms with Crippen LogP contribution in [0.15, 0.2) is 54.6 Å². The van der Waals surface area contributed by atoms with Gasteiger partial charge in [0.1, 0.15) is 11.6 Å². The molecule has 152 valence electrons. The lowest BCUT2D eigenvalue weighted by atomic mass is 10.0. The maximum absolute atomic E-state index is 13.8. The number of nitriles is 1. The number of rotatable bonds is 7. The Hall–Kier alpha value is -2.56. The zero-order valence-corrected chi connectivity index (χ0v) is 16.1. The van der Waals surface area contributed by atoms with Gasteiger partial charge in [-0.1, -0.05) is 54.1 Å². The molecule has 0 aliphatic heterocycles. The zero-order chi connectivity index (χ0) is 21.1. The van der Waals surface area contributed by atoms with Gasteiger partial charge in [0.05, 0.1) is 12.1 Å². The first-order valence-corrected chi connectivity index (χ1v) is 9.46. The molecule has 2 N–H and O–H groups in total. The molecule has 1 aliphatic rings. The van der Waals surface area contributed by atoms with Gasteiger partial charge in [-0.05, 0) is 42.5 Å². The predicted molar refractivity (Wildman–Crippen MR) is 103 cm³/mol. The second-order valence-electron chi connectivity index (χ2n) is 7.12. The number of alkyl halides is 3. The van der Waals surface area contributed by atoms with Gasteiger partial charge in [0, 0.05) is 5.02 Å². The van der Waals surface area contributed by atoms with Gasteiger partial charge in [0.15, 0.2) is 0 Å². The number of carbonyl (C=O) groups is 1. The van der Waals surface area contributed by atoms with Gasteiger partial charge in [0.2, 0.25) is 5.91 Å². The van der Waals surface area contributed by atoms with Gasteiger partial charge in [-0.2, -0.15) is 18.4 Å². The summed E-state index contributed by atoms with van der Waals surface area (Å²) in [6.07, 6.45) is -3.62. The molecule has 0 heterocycles. The van der Waals surface area contributed by atoms with E-state index in [2.05, 4.69) is 10.6 Å². The summed E-state index contributed by atoms with van der Waals surface area (Å²) in [5.41, 5.74) is -0.358. The van der Waals surface area contributed by atoms with Crippen molar-refractivity contribution in [2.75, 3.05) is 0 Å². The Labute approximate surface area is 171 Å². The highest BCUT2D eigenvalue weighted by atomic mass is 35.5. The lowest BCUT2D eigenvalue weighted by Crippen LogP contribution is -2.52. The van der Waals surface area contributed by atoms with Crippen molar-refractivity contribution in [1.29, 1.82) is 5.26 Å². The summed E-state index contributed by atoms with van der Waals surface area (Å²) in [7, 11) is 0. The molecule has 1 fully saturated rings. The molecule has 3 rings (SSSR count). The standard InChI is InChI=1S/C21H19ClF3N3O/c22-16-8-4-7-15(12-16)18(21(23,24)25)27-17(11-14-5-2-1-3-6-14)19(29)28-20(13-26)9-10-20/h1-8,12,17-18,27H,9-11H2,(H,28,29)/t17-,18+/m0/s1. The van der Waals surface area contributed by atoms with E-state index in [1.165, 1.54) is 24.3 Å². The fraction of sp³-hybridized carbons (Fsp3) is 0.333. The molecule has 0 saturated heterocycles. The Kier molecular flexibility index (Phi) is 6.15. The number of nitrogens with zero attached hydrogens (tertiary/aromatic N) is 1. The highest BCUT2D eigenvalue weighted by Gasteiger charge is 2.47. The largest absolute Gasteiger partial charge is 0.407 e. The van der Waals surface area contributed by atoms with Crippen LogP contribution in [0.3, 0.4) is 0 Å². The Bertz CT molecular complexity index is 907. The summed E-state index contributed by atoms with van der Waals surface area (Å²) in [4.78, 5) is 12.8. The minimum absolute atomic E-state index is 0.0430. The van der Waals surface area contributed by atoms with Crippen molar-refractivity contribution in [3.63, 3.8) is 0 Å². The lowest BCUT2D eigenvalue weighted by Gasteiger charge is -2.28. The number of carbonyl (C=O) groups excluding carboxylic acids is 1. The molecule has 2 atom stereocenters. The molecule has 0 bridgehead atoms. The number of halogens is 4. The smallest absolute Gasteiger partial charge is 0.336 e. The van der Waals surface area contributed by atoms with Gasteiger partial charge >= 0.3 is 6.18 Å². The number of amides is 1. The Morgan fingerprint density at radius 1 is 1.17 bits per heavy atom. The fourth-order valence-corrected chi connectivity index (χ4v) is 3.26. The molecule has 29 heavy (non-hydrogen) atoms. The highest BCUT2D eigenvalue weighted by molar-refractivity contribution is 6.30. The Morgan fingerprint density at radius 3 is 2.41 bits per heavy atom. The third-order valence-electron chi connectivity index (χ3n) is 4.80. The van der Waals surface area contributed by atoms with Crippen molar-refractivity contribution < 1.29 is 18.0 Å². The first-order valence-electron chi connectivity index (χ1n) is 9.08. The molecule has 8 heteroatoms.